The fourth-order valence-corrected chi connectivity index (χ4v) is 4.29. The van der Waals surface area contributed by atoms with Gasteiger partial charge in [0.2, 0.25) is 0 Å². The summed E-state index contributed by atoms with van der Waals surface area (Å²) in [7, 11) is 0. The van der Waals surface area contributed by atoms with Gasteiger partial charge >= 0.3 is 6.09 Å². The molecule has 3 aromatic heterocycles. The zero-order chi connectivity index (χ0) is 23.3. The molecule has 1 N–H and O–H groups in total. The summed E-state index contributed by atoms with van der Waals surface area (Å²) in [5.74, 6) is 0.309. The van der Waals surface area contributed by atoms with E-state index in [1.807, 2.05) is 37.3 Å². The average molecular weight is 455 g/mol. The van der Waals surface area contributed by atoms with E-state index in [4.69, 9.17) is 9.72 Å². The first-order chi connectivity index (χ1) is 16.5. The van der Waals surface area contributed by atoms with Crippen LogP contribution in [-0.4, -0.2) is 42.5 Å². The summed E-state index contributed by atoms with van der Waals surface area (Å²) < 4.78 is 21.9. The lowest BCUT2D eigenvalue weighted by Crippen LogP contribution is -2.42. The number of aromatic amines is 1. The smallest absolute Gasteiger partial charge is 0.416 e. The minimum atomic E-state index is -0.727. The molecule has 9 nitrogen and oxygen atoms in total. The third-order valence-corrected chi connectivity index (χ3v) is 6.08. The van der Waals surface area contributed by atoms with Crippen molar-refractivity contribution in [1.29, 1.82) is 0 Å². The van der Waals surface area contributed by atoms with Crippen molar-refractivity contribution in [3.63, 3.8) is 0 Å². The number of aromatic nitrogens is 6. The lowest BCUT2D eigenvalue weighted by Gasteiger charge is -2.31. The molecule has 0 aliphatic carbocycles. The maximum Gasteiger partial charge on any atom is 0.416 e. The molecule has 0 bridgehead atoms. The van der Waals surface area contributed by atoms with E-state index < -0.39 is 17.4 Å². The molecule has 1 amide bonds. The molecule has 10 heteroatoms. The Kier molecular flexibility index (Phi) is 4.41. The number of anilines is 1. The Morgan fingerprint density at radius 1 is 1.12 bits per heavy atom. The van der Waals surface area contributed by atoms with Crippen LogP contribution in [-0.2, 0) is 10.3 Å². The summed E-state index contributed by atoms with van der Waals surface area (Å²) in [6.45, 7) is 2.14. The number of benzene rings is 2. The number of fused-ring (bicyclic) bond motifs is 1. The fourth-order valence-electron chi connectivity index (χ4n) is 4.29. The number of carbonyl (C=O) groups is 1. The van der Waals surface area contributed by atoms with Gasteiger partial charge in [0.15, 0.2) is 11.5 Å². The van der Waals surface area contributed by atoms with Crippen molar-refractivity contribution in [2.45, 2.75) is 12.5 Å². The second kappa shape index (κ2) is 7.48. The molecule has 1 atom stereocenters. The number of halogens is 1. The second-order valence-electron chi connectivity index (χ2n) is 8.17. The summed E-state index contributed by atoms with van der Waals surface area (Å²) in [6, 6.07) is 16.2. The number of nitrogens with one attached hydrogen (secondary N) is 1. The molecular formula is C24H18FN7O2. The van der Waals surface area contributed by atoms with E-state index in [0.717, 1.165) is 5.56 Å². The molecule has 6 rings (SSSR count). The van der Waals surface area contributed by atoms with Gasteiger partial charge in [-0.15, -0.1) is 0 Å². The molecule has 168 valence electrons. The first-order valence-electron chi connectivity index (χ1n) is 10.6. The summed E-state index contributed by atoms with van der Waals surface area (Å²) in [4.78, 5) is 23.1. The van der Waals surface area contributed by atoms with Gasteiger partial charge in [0.25, 0.3) is 0 Å². The van der Waals surface area contributed by atoms with Gasteiger partial charge in [0, 0.05) is 11.8 Å². The van der Waals surface area contributed by atoms with Crippen molar-refractivity contribution in [2.75, 3.05) is 11.5 Å². The normalized spacial score (nSPS) is 17.9. The minimum absolute atomic E-state index is 0.198. The van der Waals surface area contributed by atoms with Crippen LogP contribution in [0.3, 0.4) is 0 Å². The highest BCUT2D eigenvalue weighted by atomic mass is 19.1. The van der Waals surface area contributed by atoms with Gasteiger partial charge in [0.05, 0.1) is 11.8 Å². The van der Waals surface area contributed by atoms with Crippen molar-refractivity contribution < 1.29 is 13.9 Å². The summed E-state index contributed by atoms with van der Waals surface area (Å²) in [5, 5.41) is 10.8. The third-order valence-electron chi connectivity index (χ3n) is 6.08. The highest BCUT2D eigenvalue weighted by Gasteiger charge is 2.46. The van der Waals surface area contributed by atoms with Gasteiger partial charge in [-0.3, -0.25) is 5.10 Å². The van der Waals surface area contributed by atoms with Crippen LogP contribution >= 0.6 is 0 Å². The van der Waals surface area contributed by atoms with Crippen molar-refractivity contribution in [3.8, 4) is 22.5 Å². The Bertz CT molecular complexity index is 1520. The zero-order valence-electron chi connectivity index (χ0n) is 18.0. The molecule has 34 heavy (non-hydrogen) atoms. The van der Waals surface area contributed by atoms with Crippen LogP contribution < -0.4 is 4.90 Å². The van der Waals surface area contributed by atoms with Crippen LogP contribution in [0.5, 0.6) is 0 Å². The predicted octanol–water partition coefficient (Wildman–Crippen LogP) is 4.19. The number of hydrogen-bond donors (Lipinski definition) is 1. The van der Waals surface area contributed by atoms with Gasteiger partial charge in [-0.05, 0) is 36.2 Å². The maximum absolute atomic E-state index is 14.9. The molecule has 5 aromatic rings. The zero-order valence-corrected chi connectivity index (χ0v) is 18.0. The number of H-pyrrole nitrogens is 1. The number of hydrogen-bond acceptors (Lipinski definition) is 6. The molecule has 1 saturated heterocycles. The fraction of sp³-hybridized carbons (Fsp3) is 0.125. The van der Waals surface area contributed by atoms with E-state index >= 15 is 0 Å². The van der Waals surface area contributed by atoms with E-state index in [1.165, 1.54) is 12.4 Å². The average Bonchev–Trinajstić information content (AvgIpc) is 3.59. The Morgan fingerprint density at radius 2 is 1.97 bits per heavy atom. The molecule has 1 aliphatic heterocycles. The molecule has 0 unspecified atom stereocenters. The topological polar surface area (TPSA) is 101 Å². The number of ether oxygens (including phenoxy) is 1. The van der Waals surface area contributed by atoms with Gasteiger partial charge in [-0.2, -0.15) is 10.2 Å². The number of amides is 1. The van der Waals surface area contributed by atoms with E-state index in [1.54, 1.807) is 40.0 Å². The van der Waals surface area contributed by atoms with Gasteiger partial charge in [0.1, 0.15) is 30.1 Å². The van der Waals surface area contributed by atoms with E-state index in [0.29, 0.717) is 34.0 Å². The Morgan fingerprint density at radius 3 is 2.74 bits per heavy atom. The second-order valence-corrected chi connectivity index (χ2v) is 8.17. The summed E-state index contributed by atoms with van der Waals surface area (Å²) >= 11 is 0. The van der Waals surface area contributed by atoms with E-state index in [9.17, 15) is 9.18 Å². The molecular weight excluding hydrogens is 437 g/mol. The molecule has 0 radical (unpaired) electrons. The number of nitrogens with zero attached hydrogens (tertiary/aromatic N) is 6. The van der Waals surface area contributed by atoms with Crippen LogP contribution in [0.15, 0.2) is 73.3 Å². The molecule has 2 aromatic carbocycles. The molecule has 4 heterocycles. The Labute approximate surface area is 192 Å². The molecule has 0 spiro atoms. The minimum Gasteiger partial charge on any atom is -0.446 e. The number of carbonyl (C=O) groups excluding carboxylic acids is 1. The van der Waals surface area contributed by atoms with Crippen LogP contribution in [0.2, 0.25) is 0 Å². The first-order valence-corrected chi connectivity index (χ1v) is 10.6. The quantitative estimate of drug-likeness (QED) is 0.436. The van der Waals surface area contributed by atoms with E-state index in [2.05, 4.69) is 20.3 Å². The Balaban J connectivity index is 1.44. The van der Waals surface area contributed by atoms with Gasteiger partial charge in [-0.25, -0.2) is 28.6 Å². The number of cyclic esters (lactones) is 1. The largest absolute Gasteiger partial charge is 0.446 e. The monoisotopic (exact) mass is 455 g/mol. The summed E-state index contributed by atoms with van der Waals surface area (Å²) in [6.07, 6.45) is 4.18. The van der Waals surface area contributed by atoms with Crippen molar-refractivity contribution in [2.24, 2.45) is 0 Å². The number of rotatable bonds is 4. The SMILES string of the molecule is C[C@]1(c2ccccc2)COC(=O)N1c1ccn2ncc(-c3ccc(-c4ncn[nH]4)c(F)c3)c2n1. The maximum atomic E-state index is 14.9. The lowest BCUT2D eigenvalue weighted by molar-refractivity contribution is 0.174. The third kappa shape index (κ3) is 3.03. The van der Waals surface area contributed by atoms with Crippen LogP contribution in [0.25, 0.3) is 28.2 Å². The molecule has 1 aliphatic rings. The molecule has 0 saturated carbocycles. The van der Waals surface area contributed by atoms with E-state index in [-0.39, 0.29) is 6.61 Å². The highest BCUT2D eigenvalue weighted by Crippen LogP contribution is 2.38. The lowest BCUT2D eigenvalue weighted by atomic mass is 9.92. The summed E-state index contributed by atoms with van der Waals surface area (Å²) in [5.41, 5.74) is 2.22. The van der Waals surface area contributed by atoms with Crippen molar-refractivity contribution in [1.82, 2.24) is 29.8 Å². The van der Waals surface area contributed by atoms with Crippen molar-refractivity contribution >= 4 is 17.6 Å². The van der Waals surface area contributed by atoms with Crippen LogP contribution in [0, 0.1) is 5.82 Å². The van der Waals surface area contributed by atoms with Crippen LogP contribution in [0.4, 0.5) is 15.0 Å². The van der Waals surface area contributed by atoms with Gasteiger partial charge < -0.3 is 4.74 Å². The predicted molar refractivity (Wildman–Crippen MR) is 121 cm³/mol. The molecule has 1 fully saturated rings. The van der Waals surface area contributed by atoms with Crippen LogP contribution in [0.1, 0.15) is 12.5 Å². The van der Waals surface area contributed by atoms with Crippen molar-refractivity contribution in [3.05, 3.63) is 84.7 Å². The first kappa shape index (κ1) is 20.0. The highest BCUT2D eigenvalue weighted by molar-refractivity contribution is 5.91. The Hall–Kier alpha value is -4.60. The van der Waals surface area contributed by atoms with Gasteiger partial charge in [-0.1, -0.05) is 36.4 Å². The standard InChI is InChI=1S/C24H18FN7O2/c1-24(16-5-3-2-4-6-16)13-34-23(33)32(24)20-9-10-31-22(29-20)18(12-28-31)15-7-8-17(19(25)11-15)21-26-14-27-30-21/h2-12,14H,13H2,1H3,(H,26,27,30)/t24-/m1/s1.